The van der Waals surface area contributed by atoms with E-state index >= 15 is 0 Å². The Hall–Kier alpha value is -1.89. The van der Waals surface area contributed by atoms with Crippen LogP contribution in [0.4, 0.5) is 5.82 Å². The van der Waals surface area contributed by atoms with Gasteiger partial charge in [-0.15, -0.1) is 0 Å². The van der Waals surface area contributed by atoms with Crippen LogP contribution in [-0.4, -0.2) is 67.3 Å². The Balaban J connectivity index is 1.83. The molecule has 1 atom stereocenters. The summed E-state index contributed by atoms with van der Waals surface area (Å²) >= 11 is 0. The fourth-order valence-corrected chi connectivity index (χ4v) is 2.89. The predicted octanol–water partition coefficient (Wildman–Crippen LogP) is 0.556. The molecule has 1 aromatic rings. The summed E-state index contributed by atoms with van der Waals surface area (Å²) in [5.74, 6) is 0.874. The van der Waals surface area contributed by atoms with Crippen LogP contribution in [0.5, 0.6) is 5.75 Å². The van der Waals surface area contributed by atoms with Crippen molar-refractivity contribution < 1.29 is 14.3 Å². The van der Waals surface area contributed by atoms with Crippen molar-refractivity contribution >= 4 is 11.8 Å². The Labute approximate surface area is 123 Å². The van der Waals surface area contributed by atoms with Gasteiger partial charge in [-0.05, 0) is 26.4 Å². The minimum atomic E-state index is -0.527. The molecule has 1 fully saturated rings. The van der Waals surface area contributed by atoms with E-state index in [1.165, 1.54) is 20.0 Å². The number of fused-ring (bicyclic) bond motifs is 1. The normalized spacial score (nSPS) is 21.8. The number of likely N-dealkylation sites (N-methyl/N-ethyl adjacent to an activating group) is 1. The third kappa shape index (κ3) is 2.78. The Kier molecular flexibility index (Phi) is 3.92. The van der Waals surface area contributed by atoms with Gasteiger partial charge < -0.3 is 19.3 Å². The van der Waals surface area contributed by atoms with Gasteiger partial charge in [-0.3, -0.25) is 0 Å². The van der Waals surface area contributed by atoms with Crippen LogP contribution in [-0.2, 0) is 4.74 Å². The first-order valence-corrected chi connectivity index (χ1v) is 7.22. The monoisotopic (exact) mass is 292 g/mol. The zero-order valence-electron chi connectivity index (χ0n) is 12.4. The Morgan fingerprint density at radius 3 is 3.10 bits per heavy atom. The fraction of sp³-hybridized carbons (Fsp3) is 0.643. The van der Waals surface area contributed by atoms with E-state index in [0.717, 1.165) is 19.6 Å². The molecule has 3 heterocycles. The number of nitrogens with zero attached hydrogens (tertiary/aromatic N) is 4. The average Bonchev–Trinajstić information content (AvgIpc) is 2.91. The molecule has 2 aliphatic rings. The Morgan fingerprint density at radius 1 is 1.52 bits per heavy atom. The van der Waals surface area contributed by atoms with Gasteiger partial charge in [0.25, 0.3) is 0 Å². The van der Waals surface area contributed by atoms with Crippen molar-refractivity contribution in [2.24, 2.45) is 0 Å². The summed E-state index contributed by atoms with van der Waals surface area (Å²) in [6.45, 7) is 3.42. The van der Waals surface area contributed by atoms with Gasteiger partial charge in [0.1, 0.15) is 6.61 Å². The van der Waals surface area contributed by atoms with Gasteiger partial charge in [-0.1, -0.05) is 0 Å². The molecular weight excluding hydrogens is 272 g/mol. The van der Waals surface area contributed by atoms with Crippen LogP contribution >= 0.6 is 0 Å². The number of hydrogen-bond donors (Lipinski definition) is 0. The van der Waals surface area contributed by atoms with E-state index in [1.807, 2.05) is 0 Å². The van der Waals surface area contributed by atoms with Crippen LogP contribution in [0, 0.1) is 0 Å². The molecule has 2 aliphatic heterocycles. The van der Waals surface area contributed by atoms with Gasteiger partial charge in [0, 0.05) is 12.6 Å². The summed E-state index contributed by atoms with van der Waals surface area (Å²) in [4.78, 5) is 24.5. The quantitative estimate of drug-likeness (QED) is 0.754. The molecular formula is C14H20N4O3. The van der Waals surface area contributed by atoms with E-state index in [2.05, 4.69) is 31.6 Å². The SMILES string of the molecule is COC(=O)c1ncc2c(n1)N(CC1CCCN1C)CCO2. The minimum Gasteiger partial charge on any atom is -0.486 e. The first kappa shape index (κ1) is 14.1. The molecule has 7 nitrogen and oxygen atoms in total. The fourth-order valence-electron chi connectivity index (χ4n) is 2.89. The Morgan fingerprint density at radius 2 is 2.38 bits per heavy atom. The molecule has 0 saturated carbocycles. The van der Waals surface area contributed by atoms with Gasteiger partial charge in [-0.2, -0.15) is 0 Å². The number of anilines is 1. The minimum absolute atomic E-state index is 0.0755. The van der Waals surface area contributed by atoms with E-state index < -0.39 is 5.97 Å². The molecule has 114 valence electrons. The highest BCUT2D eigenvalue weighted by atomic mass is 16.5. The van der Waals surface area contributed by atoms with Gasteiger partial charge in [0.2, 0.25) is 5.82 Å². The van der Waals surface area contributed by atoms with Crippen molar-refractivity contribution in [2.75, 3.05) is 45.3 Å². The van der Waals surface area contributed by atoms with E-state index in [1.54, 1.807) is 6.20 Å². The second-order valence-electron chi connectivity index (χ2n) is 5.44. The van der Waals surface area contributed by atoms with Crippen LogP contribution in [0.1, 0.15) is 23.5 Å². The number of ether oxygens (including phenoxy) is 2. The number of esters is 1. The van der Waals surface area contributed by atoms with Crippen molar-refractivity contribution in [1.82, 2.24) is 14.9 Å². The molecule has 0 N–H and O–H groups in total. The average molecular weight is 292 g/mol. The second kappa shape index (κ2) is 5.85. The molecule has 0 amide bonds. The summed E-state index contributed by atoms with van der Waals surface area (Å²) in [7, 11) is 3.48. The molecule has 3 rings (SSSR count). The van der Waals surface area contributed by atoms with Crippen LogP contribution in [0.25, 0.3) is 0 Å². The molecule has 21 heavy (non-hydrogen) atoms. The van der Waals surface area contributed by atoms with Crippen LogP contribution in [0.3, 0.4) is 0 Å². The standard InChI is InChI=1S/C14H20N4O3/c1-17-5-3-4-10(17)9-18-6-7-21-11-8-15-12(14(19)20-2)16-13(11)18/h8,10H,3-7,9H2,1-2H3. The lowest BCUT2D eigenvalue weighted by atomic mass is 10.2. The summed E-state index contributed by atoms with van der Waals surface area (Å²) in [5, 5.41) is 0. The molecule has 1 unspecified atom stereocenters. The molecule has 0 radical (unpaired) electrons. The van der Waals surface area contributed by atoms with Gasteiger partial charge in [-0.25, -0.2) is 14.8 Å². The maximum Gasteiger partial charge on any atom is 0.376 e. The summed E-state index contributed by atoms with van der Waals surface area (Å²) in [5.41, 5.74) is 0. The van der Waals surface area contributed by atoms with E-state index in [-0.39, 0.29) is 5.82 Å². The van der Waals surface area contributed by atoms with Crippen molar-refractivity contribution in [3.05, 3.63) is 12.0 Å². The number of carbonyl (C=O) groups excluding carboxylic acids is 1. The van der Waals surface area contributed by atoms with E-state index in [9.17, 15) is 4.79 Å². The molecule has 0 spiro atoms. The zero-order valence-corrected chi connectivity index (χ0v) is 12.4. The number of likely N-dealkylation sites (tertiary alicyclic amines) is 1. The predicted molar refractivity (Wildman–Crippen MR) is 76.7 cm³/mol. The molecule has 0 aliphatic carbocycles. The van der Waals surface area contributed by atoms with Gasteiger partial charge in [0.05, 0.1) is 19.9 Å². The lowest BCUT2D eigenvalue weighted by molar-refractivity contribution is 0.0586. The first-order valence-electron chi connectivity index (χ1n) is 7.22. The van der Waals surface area contributed by atoms with Crippen molar-refractivity contribution in [3.8, 4) is 5.75 Å². The van der Waals surface area contributed by atoms with Gasteiger partial charge in [0.15, 0.2) is 11.6 Å². The third-order valence-electron chi connectivity index (χ3n) is 4.13. The zero-order chi connectivity index (χ0) is 14.8. The number of carbonyl (C=O) groups is 1. The highest BCUT2D eigenvalue weighted by molar-refractivity contribution is 5.85. The maximum absolute atomic E-state index is 11.6. The maximum atomic E-state index is 11.6. The lowest BCUT2D eigenvalue weighted by Crippen LogP contribution is -2.43. The highest BCUT2D eigenvalue weighted by Crippen LogP contribution is 2.30. The molecule has 0 aromatic carbocycles. The van der Waals surface area contributed by atoms with Crippen molar-refractivity contribution in [3.63, 3.8) is 0 Å². The lowest BCUT2D eigenvalue weighted by Gasteiger charge is -2.33. The van der Waals surface area contributed by atoms with E-state index in [0.29, 0.717) is 24.2 Å². The Bertz CT molecular complexity index is 537. The summed E-state index contributed by atoms with van der Waals surface area (Å²) in [6, 6.07) is 0.521. The number of methoxy groups -OCH3 is 1. The number of rotatable bonds is 3. The smallest absolute Gasteiger partial charge is 0.376 e. The molecule has 7 heteroatoms. The van der Waals surface area contributed by atoms with Crippen LogP contribution in [0.15, 0.2) is 6.20 Å². The summed E-state index contributed by atoms with van der Waals surface area (Å²) in [6.07, 6.45) is 3.98. The highest BCUT2D eigenvalue weighted by Gasteiger charge is 2.28. The topological polar surface area (TPSA) is 67.8 Å². The summed E-state index contributed by atoms with van der Waals surface area (Å²) < 4.78 is 10.3. The number of aromatic nitrogens is 2. The van der Waals surface area contributed by atoms with Crippen LogP contribution < -0.4 is 9.64 Å². The molecule has 0 bridgehead atoms. The number of hydrogen-bond acceptors (Lipinski definition) is 7. The third-order valence-corrected chi connectivity index (χ3v) is 4.13. The van der Waals surface area contributed by atoms with E-state index in [4.69, 9.17) is 4.74 Å². The molecule has 1 saturated heterocycles. The van der Waals surface area contributed by atoms with Gasteiger partial charge >= 0.3 is 5.97 Å². The van der Waals surface area contributed by atoms with Crippen molar-refractivity contribution in [2.45, 2.75) is 18.9 Å². The molecule has 1 aromatic heterocycles. The largest absolute Gasteiger partial charge is 0.486 e. The second-order valence-corrected chi connectivity index (χ2v) is 5.44. The van der Waals surface area contributed by atoms with Crippen LogP contribution in [0.2, 0.25) is 0 Å². The first-order chi connectivity index (χ1) is 10.2. The van der Waals surface area contributed by atoms with Crippen molar-refractivity contribution in [1.29, 1.82) is 0 Å².